The van der Waals surface area contributed by atoms with Crippen molar-refractivity contribution in [2.45, 2.75) is 6.92 Å². The normalized spacial score (nSPS) is 10.1. The molecule has 0 unspecified atom stereocenters. The van der Waals surface area contributed by atoms with Crippen molar-refractivity contribution in [3.05, 3.63) is 52.4 Å². The molecular formula is C14H13N3O3S. The van der Waals surface area contributed by atoms with Gasteiger partial charge >= 0.3 is 0 Å². The van der Waals surface area contributed by atoms with Gasteiger partial charge in [-0.2, -0.15) is 0 Å². The minimum Gasteiger partial charge on any atom is -0.284 e. The second-order valence-electron chi connectivity index (χ2n) is 4.24. The zero-order valence-corrected chi connectivity index (χ0v) is 12.2. The van der Waals surface area contributed by atoms with Gasteiger partial charge in [0.25, 0.3) is 5.69 Å². The third kappa shape index (κ3) is 3.32. The fourth-order valence-electron chi connectivity index (χ4n) is 1.75. The van der Waals surface area contributed by atoms with Gasteiger partial charge < -0.3 is 0 Å². The van der Waals surface area contributed by atoms with Gasteiger partial charge in [0.2, 0.25) is 5.91 Å². The Morgan fingerprint density at radius 2 is 2.14 bits per heavy atom. The molecule has 1 heterocycles. The lowest BCUT2D eigenvalue weighted by Gasteiger charge is -2.14. The molecule has 0 saturated carbocycles. The molecule has 1 aromatic carbocycles. The molecule has 7 heteroatoms. The van der Waals surface area contributed by atoms with Crippen LogP contribution < -0.4 is 4.90 Å². The summed E-state index contributed by atoms with van der Waals surface area (Å²) in [5.41, 5.74) is 1.48. The largest absolute Gasteiger partial charge is 0.284 e. The second kappa shape index (κ2) is 6.27. The lowest BCUT2D eigenvalue weighted by atomic mass is 10.1. The van der Waals surface area contributed by atoms with Crippen LogP contribution in [0.2, 0.25) is 0 Å². The highest BCUT2D eigenvalue weighted by Gasteiger charge is 2.15. The Balaban J connectivity index is 2.28. The number of hydrogen-bond acceptors (Lipinski definition) is 5. The summed E-state index contributed by atoms with van der Waals surface area (Å²) >= 11 is 1.34. The molecule has 0 radical (unpaired) electrons. The molecule has 0 N–H and O–H groups in total. The Morgan fingerprint density at radius 3 is 2.67 bits per heavy atom. The van der Waals surface area contributed by atoms with Gasteiger partial charge in [-0.1, -0.05) is 6.08 Å². The molecule has 0 fully saturated rings. The zero-order chi connectivity index (χ0) is 15.4. The van der Waals surface area contributed by atoms with E-state index in [1.807, 2.05) is 5.38 Å². The molecule has 0 aliphatic heterocycles. The number of carbonyl (C=O) groups excluding carboxylic acids is 1. The third-order valence-corrected chi connectivity index (χ3v) is 3.65. The first-order valence-electron chi connectivity index (χ1n) is 6.12. The lowest BCUT2D eigenvalue weighted by molar-refractivity contribution is -0.384. The summed E-state index contributed by atoms with van der Waals surface area (Å²) < 4.78 is 0. The van der Waals surface area contributed by atoms with Gasteiger partial charge in [0.1, 0.15) is 0 Å². The fourth-order valence-corrected chi connectivity index (χ4v) is 2.63. The number of hydrogen-bond donors (Lipinski definition) is 0. The first-order valence-corrected chi connectivity index (χ1v) is 7.00. The molecule has 1 amide bonds. The smallest absolute Gasteiger partial charge is 0.269 e. The predicted molar refractivity (Wildman–Crippen MR) is 82.4 cm³/mol. The first kappa shape index (κ1) is 14.9. The van der Waals surface area contributed by atoms with Gasteiger partial charge in [-0.15, -0.1) is 17.9 Å². The monoisotopic (exact) mass is 303 g/mol. The maximum atomic E-state index is 11.6. The number of nitro groups is 1. The van der Waals surface area contributed by atoms with E-state index in [4.69, 9.17) is 0 Å². The highest BCUT2D eigenvalue weighted by atomic mass is 32.1. The molecule has 0 spiro atoms. The van der Waals surface area contributed by atoms with E-state index >= 15 is 0 Å². The van der Waals surface area contributed by atoms with Crippen molar-refractivity contribution in [1.29, 1.82) is 0 Å². The van der Waals surface area contributed by atoms with Crippen LogP contribution in [0.15, 0.2) is 42.3 Å². The molecule has 2 aromatic rings. The molecule has 0 saturated heterocycles. The van der Waals surface area contributed by atoms with Gasteiger partial charge in [0, 0.05) is 36.5 Å². The molecule has 1 aromatic heterocycles. The molecule has 6 nitrogen and oxygen atoms in total. The number of non-ortho nitro benzene ring substituents is 1. The zero-order valence-electron chi connectivity index (χ0n) is 11.4. The number of aromatic nitrogens is 1. The molecule has 0 aliphatic carbocycles. The van der Waals surface area contributed by atoms with Crippen LogP contribution in [0.3, 0.4) is 0 Å². The van der Waals surface area contributed by atoms with Crippen molar-refractivity contribution in [2.24, 2.45) is 0 Å². The maximum Gasteiger partial charge on any atom is 0.269 e. The van der Waals surface area contributed by atoms with Gasteiger partial charge in [-0.3, -0.25) is 19.8 Å². The van der Waals surface area contributed by atoms with Gasteiger partial charge in [-0.25, -0.2) is 4.98 Å². The maximum absolute atomic E-state index is 11.6. The van der Waals surface area contributed by atoms with Crippen LogP contribution in [0, 0.1) is 10.1 Å². The van der Waals surface area contributed by atoms with E-state index in [9.17, 15) is 14.9 Å². The van der Waals surface area contributed by atoms with E-state index in [0.717, 1.165) is 5.56 Å². The summed E-state index contributed by atoms with van der Waals surface area (Å²) in [6.07, 6.45) is 1.63. The van der Waals surface area contributed by atoms with E-state index in [2.05, 4.69) is 11.6 Å². The number of nitro benzene ring substituents is 1. The summed E-state index contributed by atoms with van der Waals surface area (Å²) in [6, 6.07) is 6.15. The Kier molecular flexibility index (Phi) is 4.44. The minimum atomic E-state index is -0.447. The topological polar surface area (TPSA) is 76.3 Å². The summed E-state index contributed by atoms with van der Waals surface area (Å²) in [5, 5.41) is 13.0. The SMILES string of the molecule is C=CCN(C(C)=O)c1nc(-c2ccc([N+](=O)[O-])cc2)cs1. The number of carbonyl (C=O) groups is 1. The number of amides is 1. The van der Waals surface area contributed by atoms with Crippen molar-refractivity contribution >= 4 is 28.1 Å². The lowest BCUT2D eigenvalue weighted by Crippen LogP contribution is -2.28. The van der Waals surface area contributed by atoms with Crippen molar-refractivity contribution in [2.75, 3.05) is 11.4 Å². The van der Waals surface area contributed by atoms with E-state index in [-0.39, 0.29) is 11.6 Å². The number of anilines is 1. The standard InChI is InChI=1S/C14H13N3O3S/c1-3-8-16(10(2)18)14-15-13(9-21-14)11-4-6-12(7-5-11)17(19)20/h3-7,9H,1,8H2,2H3. The third-order valence-electron chi connectivity index (χ3n) is 2.79. The number of rotatable bonds is 5. The van der Waals surface area contributed by atoms with E-state index in [0.29, 0.717) is 17.4 Å². The second-order valence-corrected chi connectivity index (χ2v) is 5.07. The number of benzene rings is 1. The van der Waals surface area contributed by atoms with Gasteiger partial charge in [0.05, 0.1) is 10.6 Å². The van der Waals surface area contributed by atoms with Crippen LogP contribution in [0.25, 0.3) is 11.3 Å². The Hall–Kier alpha value is -2.54. The van der Waals surface area contributed by atoms with Gasteiger partial charge in [-0.05, 0) is 12.1 Å². The van der Waals surface area contributed by atoms with Crippen LogP contribution in [0.5, 0.6) is 0 Å². The Morgan fingerprint density at radius 1 is 1.48 bits per heavy atom. The summed E-state index contributed by atoms with van der Waals surface area (Å²) in [4.78, 5) is 27.7. The number of thiazole rings is 1. The summed E-state index contributed by atoms with van der Waals surface area (Å²) in [6.45, 7) is 5.48. The molecule has 21 heavy (non-hydrogen) atoms. The van der Waals surface area contributed by atoms with Crippen LogP contribution in [0.1, 0.15) is 6.92 Å². The van der Waals surface area contributed by atoms with Crippen LogP contribution in [0.4, 0.5) is 10.8 Å². The Bertz CT molecular complexity index is 679. The van der Waals surface area contributed by atoms with Gasteiger partial charge in [0.15, 0.2) is 5.13 Å². The van der Waals surface area contributed by atoms with Crippen LogP contribution in [-0.4, -0.2) is 22.4 Å². The molecule has 2 rings (SSSR count). The van der Waals surface area contributed by atoms with Crippen molar-refractivity contribution < 1.29 is 9.72 Å². The summed E-state index contributed by atoms with van der Waals surface area (Å²) in [7, 11) is 0. The highest BCUT2D eigenvalue weighted by Crippen LogP contribution is 2.28. The number of nitrogens with zero attached hydrogens (tertiary/aromatic N) is 3. The van der Waals surface area contributed by atoms with Crippen LogP contribution in [-0.2, 0) is 4.79 Å². The predicted octanol–water partition coefficient (Wildman–Crippen LogP) is 3.26. The van der Waals surface area contributed by atoms with Crippen molar-refractivity contribution in [3.63, 3.8) is 0 Å². The Labute approximate surface area is 125 Å². The fraction of sp³-hybridized carbons (Fsp3) is 0.143. The first-order chi connectivity index (χ1) is 10.0. The minimum absolute atomic E-state index is 0.0335. The molecular weight excluding hydrogens is 290 g/mol. The average Bonchev–Trinajstić information content (AvgIpc) is 2.94. The van der Waals surface area contributed by atoms with Crippen LogP contribution >= 0.6 is 11.3 Å². The van der Waals surface area contributed by atoms with E-state index in [1.165, 1.54) is 35.3 Å². The molecule has 108 valence electrons. The van der Waals surface area contributed by atoms with Crippen molar-refractivity contribution in [1.82, 2.24) is 4.98 Å². The van der Waals surface area contributed by atoms with E-state index in [1.54, 1.807) is 18.2 Å². The van der Waals surface area contributed by atoms with E-state index < -0.39 is 4.92 Å². The average molecular weight is 303 g/mol. The quantitative estimate of drug-likeness (QED) is 0.482. The molecule has 0 bridgehead atoms. The summed E-state index contributed by atoms with van der Waals surface area (Å²) in [5.74, 6) is -0.112. The highest BCUT2D eigenvalue weighted by molar-refractivity contribution is 7.14. The molecule has 0 atom stereocenters. The molecule has 0 aliphatic rings. The van der Waals surface area contributed by atoms with Crippen molar-refractivity contribution in [3.8, 4) is 11.3 Å².